The van der Waals surface area contributed by atoms with E-state index in [0.717, 1.165) is 43.1 Å². The van der Waals surface area contributed by atoms with Gasteiger partial charge in [-0.3, -0.25) is 0 Å². The molecule has 16 heavy (non-hydrogen) atoms. The van der Waals surface area contributed by atoms with E-state index in [0.29, 0.717) is 4.31 Å². The topological polar surface area (TPSA) is 9.23 Å². The molecule has 0 unspecified atom stereocenters. The van der Waals surface area contributed by atoms with E-state index >= 15 is 0 Å². The first-order chi connectivity index (χ1) is 7.88. The SMILES string of the molecule is c1ccc2c(c1)C[Se]CCC1(COC1)[Se]C2. The van der Waals surface area contributed by atoms with Gasteiger partial charge in [0, 0.05) is 0 Å². The zero-order valence-electron chi connectivity index (χ0n) is 9.28. The monoisotopic (exact) mass is 348 g/mol. The van der Waals surface area contributed by atoms with E-state index in [1.807, 2.05) is 0 Å². The van der Waals surface area contributed by atoms with Gasteiger partial charge >= 0.3 is 110 Å². The van der Waals surface area contributed by atoms with Crippen molar-refractivity contribution in [3.8, 4) is 0 Å². The van der Waals surface area contributed by atoms with Crippen molar-refractivity contribution >= 4 is 29.9 Å². The van der Waals surface area contributed by atoms with Crippen LogP contribution in [0.15, 0.2) is 24.3 Å². The molecule has 1 nitrogen and oxygen atoms in total. The number of hydrogen-bond donors (Lipinski definition) is 0. The predicted molar refractivity (Wildman–Crippen MR) is 68.3 cm³/mol. The average Bonchev–Trinajstić information content (AvgIpc) is 2.36. The van der Waals surface area contributed by atoms with E-state index < -0.39 is 0 Å². The molecule has 1 saturated heterocycles. The molecule has 0 N–H and O–H groups in total. The summed E-state index contributed by atoms with van der Waals surface area (Å²) >= 11 is 1.54. The van der Waals surface area contributed by atoms with Gasteiger partial charge in [-0.2, -0.15) is 0 Å². The molecule has 0 bridgehead atoms. The van der Waals surface area contributed by atoms with Gasteiger partial charge in [-0.25, -0.2) is 0 Å². The third kappa shape index (κ3) is 2.25. The summed E-state index contributed by atoms with van der Waals surface area (Å²) in [5.74, 6) is 0. The third-order valence-corrected chi connectivity index (χ3v) is 8.62. The molecule has 1 fully saturated rings. The fourth-order valence-corrected chi connectivity index (χ4v) is 8.05. The molecule has 3 heteroatoms. The maximum absolute atomic E-state index is 5.46. The Kier molecular flexibility index (Phi) is 3.42. The summed E-state index contributed by atoms with van der Waals surface area (Å²) < 4.78 is 6.08. The van der Waals surface area contributed by atoms with Crippen LogP contribution >= 0.6 is 0 Å². The van der Waals surface area contributed by atoms with E-state index in [9.17, 15) is 0 Å². The fourth-order valence-electron chi connectivity index (χ4n) is 2.14. The summed E-state index contributed by atoms with van der Waals surface area (Å²) in [4.78, 5) is 0. The van der Waals surface area contributed by atoms with Gasteiger partial charge in [-0.05, 0) is 0 Å². The first kappa shape index (κ1) is 11.3. The van der Waals surface area contributed by atoms with Gasteiger partial charge in [0.25, 0.3) is 0 Å². The van der Waals surface area contributed by atoms with Crippen LogP contribution in [-0.2, 0) is 15.4 Å². The van der Waals surface area contributed by atoms with Crippen molar-refractivity contribution in [1.82, 2.24) is 0 Å². The summed E-state index contributed by atoms with van der Waals surface area (Å²) in [5.41, 5.74) is 3.25. The predicted octanol–water partition coefficient (Wildman–Crippen LogP) is 2.11. The van der Waals surface area contributed by atoms with E-state index in [1.165, 1.54) is 22.4 Å². The first-order valence-corrected chi connectivity index (χ1v) is 10.2. The Bertz CT molecular complexity index is 374. The van der Waals surface area contributed by atoms with Gasteiger partial charge in [0.2, 0.25) is 0 Å². The number of hydrogen-bond acceptors (Lipinski definition) is 1. The fraction of sp³-hybridized carbons (Fsp3) is 0.538. The Morgan fingerprint density at radius 2 is 1.81 bits per heavy atom. The maximum atomic E-state index is 5.46. The molecule has 1 aromatic carbocycles. The van der Waals surface area contributed by atoms with Crippen molar-refractivity contribution in [2.75, 3.05) is 13.2 Å². The van der Waals surface area contributed by atoms with Crippen LogP contribution in [0.3, 0.4) is 0 Å². The van der Waals surface area contributed by atoms with Gasteiger partial charge in [-0.15, -0.1) is 0 Å². The minimum atomic E-state index is 0.617. The molecule has 0 aromatic heterocycles. The van der Waals surface area contributed by atoms with Crippen LogP contribution in [0.2, 0.25) is 9.63 Å². The molecule has 86 valence electrons. The molecule has 1 aromatic rings. The Hall–Kier alpha value is 0.219. The number of ether oxygens (including phenoxy) is 1. The van der Waals surface area contributed by atoms with Crippen molar-refractivity contribution in [3.05, 3.63) is 35.4 Å². The van der Waals surface area contributed by atoms with Crippen molar-refractivity contribution in [1.29, 1.82) is 0 Å². The summed E-state index contributed by atoms with van der Waals surface area (Å²) in [6.07, 6.45) is 1.43. The van der Waals surface area contributed by atoms with Crippen molar-refractivity contribution in [2.24, 2.45) is 0 Å². The van der Waals surface area contributed by atoms with Crippen LogP contribution < -0.4 is 0 Å². The molecule has 0 atom stereocenters. The van der Waals surface area contributed by atoms with E-state index in [4.69, 9.17) is 4.74 Å². The van der Waals surface area contributed by atoms with E-state index in [-0.39, 0.29) is 0 Å². The molecular weight excluding hydrogens is 330 g/mol. The summed E-state index contributed by atoms with van der Waals surface area (Å²) in [6.45, 7) is 2.09. The van der Waals surface area contributed by atoms with Crippen molar-refractivity contribution in [3.63, 3.8) is 0 Å². The van der Waals surface area contributed by atoms with Crippen LogP contribution in [-0.4, -0.2) is 43.1 Å². The average molecular weight is 346 g/mol. The summed E-state index contributed by atoms with van der Waals surface area (Å²) in [5, 5.41) is 4.12. The second-order valence-corrected chi connectivity index (χ2v) is 9.88. The van der Waals surface area contributed by atoms with Crippen LogP contribution in [0.5, 0.6) is 0 Å². The number of benzene rings is 1. The summed E-state index contributed by atoms with van der Waals surface area (Å²) in [6, 6.07) is 9.07. The Morgan fingerprint density at radius 1 is 1.06 bits per heavy atom. The molecule has 0 amide bonds. The van der Waals surface area contributed by atoms with Crippen molar-refractivity contribution in [2.45, 2.75) is 26.7 Å². The first-order valence-electron chi connectivity index (χ1n) is 5.74. The van der Waals surface area contributed by atoms with Gasteiger partial charge in [0.15, 0.2) is 0 Å². The normalized spacial score (nSPS) is 23.8. The molecule has 1 spiro atoms. The van der Waals surface area contributed by atoms with Gasteiger partial charge in [0.05, 0.1) is 0 Å². The Morgan fingerprint density at radius 3 is 2.50 bits per heavy atom. The Labute approximate surface area is 110 Å². The number of fused-ring (bicyclic) bond motifs is 1. The van der Waals surface area contributed by atoms with E-state index in [1.54, 1.807) is 11.1 Å². The van der Waals surface area contributed by atoms with Crippen LogP contribution in [0.1, 0.15) is 17.5 Å². The third-order valence-electron chi connectivity index (χ3n) is 3.34. The molecule has 2 aliphatic rings. The quantitative estimate of drug-likeness (QED) is 0.654. The Balaban J connectivity index is 1.81. The van der Waals surface area contributed by atoms with Gasteiger partial charge < -0.3 is 0 Å². The van der Waals surface area contributed by atoms with Crippen molar-refractivity contribution < 1.29 is 4.74 Å². The molecule has 3 rings (SSSR count). The van der Waals surface area contributed by atoms with Gasteiger partial charge in [-0.1, -0.05) is 0 Å². The molecule has 0 aliphatic carbocycles. The zero-order chi connectivity index (χ0) is 10.8. The van der Waals surface area contributed by atoms with E-state index in [2.05, 4.69) is 24.3 Å². The molecular formula is C13H16OSe2. The second-order valence-electron chi connectivity index (χ2n) is 4.54. The minimum absolute atomic E-state index is 0.617. The molecule has 0 saturated carbocycles. The molecule has 2 heterocycles. The standard InChI is InChI=1S/C13H16OSe2/c1-2-4-12-8-16-13(9-14-10-13)5-6-15-7-11(12)3-1/h1-4H,5-10H2. The second kappa shape index (κ2) is 4.84. The zero-order valence-corrected chi connectivity index (χ0v) is 12.7. The molecule has 0 radical (unpaired) electrons. The van der Waals surface area contributed by atoms with Crippen LogP contribution in [0, 0.1) is 0 Å². The molecule has 2 aliphatic heterocycles. The number of rotatable bonds is 0. The van der Waals surface area contributed by atoms with Gasteiger partial charge in [0.1, 0.15) is 0 Å². The summed E-state index contributed by atoms with van der Waals surface area (Å²) in [7, 11) is 0. The van der Waals surface area contributed by atoms with Crippen LogP contribution in [0.4, 0.5) is 0 Å². The van der Waals surface area contributed by atoms with Crippen LogP contribution in [0.25, 0.3) is 0 Å².